The Labute approximate surface area is 106 Å². The van der Waals surface area contributed by atoms with E-state index in [1.165, 1.54) is 25.7 Å². The molecule has 100 valence electrons. The number of carbonyl (C=O) groups excluding carboxylic acids is 1. The van der Waals surface area contributed by atoms with Crippen molar-refractivity contribution in [2.45, 2.75) is 52.4 Å². The topological polar surface area (TPSA) is 55.1 Å². The van der Waals surface area contributed by atoms with E-state index in [-0.39, 0.29) is 5.91 Å². The van der Waals surface area contributed by atoms with Gasteiger partial charge in [0.05, 0.1) is 0 Å². The quantitative estimate of drug-likeness (QED) is 0.748. The van der Waals surface area contributed by atoms with Gasteiger partial charge < -0.3 is 11.1 Å². The minimum absolute atomic E-state index is 0.181. The van der Waals surface area contributed by atoms with Gasteiger partial charge in [-0.3, -0.25) is 4.79 Å². The molecule has 17 heavy (non-hydrogen) atoms. The lowest BCUT2D eigenvalue weighted by molar-refractivity contribution is -0.122. The van der Waals surface area contributed by atoms with Crippen molar-refractivity contribution in [3.05, 3.63) is 0 Å². The Morgan fingerprint density at radius 1 is 1.41 bits per heavy atom. The summed E-state index contributed by atoms with van der Waals surface area (Å²) in [6.45, 7) is 5.88. The summed E-state index contributed by atoms with van der Waals surface area (Å²) >= 11 is 0. The maximum atomic E-state index is 11.8. The molecule has 3 atom stereocenters. The van der Waals surface area contributed by atoms with Crippen LogP contribution in [0.25, 0.3) is 0 Å². The van der Waals surface area contributed by atoms with Crippen LogP contribution in [0, 0.1) is 17.8 Å². The van der Waals surface area contributed by atoms with Crippen molar-refractivity contribution >= 4 is 5.91 Å². The molecule has 3 nitrogen and oxygen atoms in total. The van der Waals surface area contributed by atoms with Gasteiger partial charge in [-0.2, -0.15) is 0 Å². The monoisotopic (exact) mass is 240 g/mol. The number of rotatable bonds is 6. The molecule has 1 saturated carbocycles. The van der Waals surface area contributed by atoms with E-state index in [0.717, 1.165) is 18.9 Å². The molecule has 3 unspecified atom stereocenters. The predicted octanol–water partition coefficient (Wildman–Crippen LogP) is 2.30. The highest BCUT2D eigenvalue weighted by Gasteiger charge is 2.21. The van der Waals surface area contributed by atoms with Crippen LogP contribution in [-0.2, 0) is 4.79 Å². The van der Waals surface area contributed by atoms with Crippen LogP contribution >= 0.6 is 0 Å². The van der Waals surface area contributed by atoms with E-state index >= 15 is 0 Å². The number of hydrogen-bond acceptors (Lipinski definition) is 2. The second-order valence-electron chi connectivity index (χ2n) is 5.54. The lowest BCUT2D eigenvalue weighted by Gasteiger charge is -2.29. The van der Waals surface area contributed by atoms with E-state index in [2.05, 4.69) is 19.2 Å². The van der Waals surface area contributed by atoms with Gasteiger partial charge in [-0.1, -0.05) is 39.5 Å². The third kappa shape index (κ3) is 5.07. The van der Waals surface area contributed by atoms with Crippen LogP contribution in [0.1, 0.15) is 52.4 Å². The second-order valence-corrected chi connectivity index (χ2v) is 5.54. The molecule has 0 aromatic carbocycles. The van der Waals surface area contributed by atoms with E-state index in [9.17, 15) is 4.79 Å². The first-order valence-electron chi connectivity index (χ1n) is 7.14. The second kappa shape index (κ2) is 7.70. The molecule has 0 bridgehead atoms. The number of nitrogens with one attached hydrogen (secondary N) is 1. The Balaban J connectivity index is 2.22. The van der Waals surface area contributed by atoms with Gasteiger partial charge in [0.15, 0.2) is 0 Å². The average Bonchev–Trinajstić information content (AvgIpc) is 2.35. The Bertz CT molecular complexity index is 226. The van der Waals surface area contributed by atoms with Gasteiger partial charge in [0.2, 0.25) is 5.91 Å². The normalized spacial score (nSPS) is 26.5. The minimum atomic E-state index is 0.181. The van der Waals surface area contributed by atoms with E-state index < -0.39 is 0 Å². The SMILES string of the molecule is CCC(CN)CC(=O)NCC1CCCCC1C. The molecule has 1 rings (SSSR count). The molecule has 1 fully saturated rings. The molecule has 1 aliphatic carbocycles. The smallest absolute Gasteiger partial charge is 0.220 e. The summed E-state index contributed by atoms with van der Waals surface area (Å²) in [5.41, 5.74) is 5.61. The Morgan fingerprint density at radius 2 is 2.12 bits per heavy atom. The van der Waals surface area contributed by atoms with Crippen LogP contribution < -0.4 is 11.1 Å². The van der Waals surface area contributed by atoms with Gasteiger partial charge in [-0.05, 0) is 30.7 Å². The summed E-state index contributed by atoms with van der Waals surface area (Å²) in [6, 6.07) is 0. The predicted molar refractivity (Wildman–Crippen MR) is 71.6 cm³/mol. The van der Waals surface area contributed by atoms with Crippen LogP contribution in [0.4, 0.5) is 0 Å². The van der Waals surface area contributed by atoms with Crippen molar-refractivity contribution in [2.75, 3.05) is 13.1 Å². The largest absolute Gasteiger partial charge is 0.356 e. The number of amides is 1. The highest BCUT2D eigenvalue weighted by Crippen LogP contribution is 2.28. The van der Waals surface area contributed by atoms with Gasteiger partial charge >= 0.3 is 0 Å². The first-order valence-corrected chi connectivity index (χ1v) is 7.14. The van der Waals surface area contributed by atoms with Crippen molar-refractivity contribution in [1.82, 2.24) is 5.32 Å². The zero-order valence-electron chi connectivity index (χ0n) is 11.4. The lowest BCUT2D eigenvalue weighted by Crippen LogP contribution is -2.35. The summed E-state index contributed by atoms with van der Waals surface area (Å²) in [7, 11) is 0. The molecule has 3 heteroatoms. The maximum absolute atomic E-state index is 11.8. The Kier molecular flexibility index (Phi) is 6.56. The molecule has 0 aromatic rings. The zero-order chi connectivity index (χ0) is 12.7. The number of nitrogens with two attached hydrogens (primary N) is 1. The van der Waals surface area contributed by atoms with Gasteiger partial charge in [0, 0.05) is 13.0 Å². The van der Waals surface area contributed by atoms with E-state index in [1.54, 1.807) is 0 Å². The third-order valence-electron chi connectivity index (χ3n) is 4.24. The molecule has 1 aliphatic rings. The van der Waals surface area contributed by atoms with Gasteiger partial charge in [0.1, 0.15) is 0 Å². The summed E-state index contributed by atoms with van der Waals surface area (Å²) in [4.78, 5) is 11.8. The van der Waals surface area contributed by atoms with E-state index in [0.29, 0.717) is 24.8 Å². The Morgan fingerprint density at radius 3 is 2.71 bits per heavy atom. The zero-order valence-corrected chi connectivity index (χ0v) is 11.4. The lowest BCUT2D eigenvalue weighted by atomic mass is 9.80. The number of hydrogen-bond donors (Lipinski definition) is 2. The molecule has 1 amide bonds. The molecule has 0 saturated heterocycles. The Hall–Kier alpha value is -0.570. The van der Waals surface area contributed by atoms with Crippen molar-refractivity contribution in [1.29, 1.82) is 0 Å². The molecular formula is C14H28N2O. The fourth-order valence-electron chi connectivity index (χ4n) is 2.67. The molecule has 3 N–H and O–H groups in total. The average molecular weight is 240 g/mol. The van der Waals surface area contributed by atoms with Crippen molar-refractivity contribution in [2.24, 2.45) is 23.5 Å². The van der Waals surface area contributed by atoms with Crippen LogP contribution in [0.3, 0.4) is 0 Å². The standard InChI is InChI=1S/C14H28N2O/c1-3-12(9-15)8-14(17)16-10-13-7-5-4-6-11(13)2/h11-13H,3-10,15H2,1-2H3,(H,16,17). The van der Waals surface area contributed by atoms with Crippen LogP contribution in [0.5, 0.6) is 0 Å². The molecule has 0 spiro atoms. The summed E-state index contributed by atoms with van der Waals surface area (Å²) in [6.07, 6.45) is 6.86. The fourth-order valence-corrected chi connectivity index (χ4v) is 2.67. The van der Waals surface area contributed by atoms with Crippen LogP contribution in [0.2, 0.25) is 0 Å². The third-order valence-corrected chi connectivity index (χ3v) is 4.24. The summed E-state index contributed by atoms with van der Waals surface area (Å²) in [5.74, 6) is 1.98. The number of carbonyl (C=O) groups is 1. The molecule has 0 aromatic heterocycles. The molecular weight excluding hydrogens is 212 g/mol. The highest BCUT2D eigenvalue weighted by molar-refractivity contribution is 5.76. The van der Waals surface area contributed by atoms with E-state index in [1.807, 2.05) is 0 Å². The highest BCUT2D eigenvalue weighted by atomic mass is 16.1. The summed E-state index contributed by atoms with van der Waals surface area (Å²) < 4.78 is 0. The molecule has 0 heterocycles. The summed E-state index contributed by atoms with van der Waals surface area (Å²) in [5, 5.41) is 3.09. The van der Waals surface area contributed by atoms with Gasteiger partial charge in [-0.25, -0.2) is 0 Å². The first-order chi connectivity index (χ1) is 8.17. The molecule has 0 aliphatic heterocycles. The first kappa shape index (κ1) is 14.5. The van der Waals surface area contributed by atoms with Gasteiger partial charge in [-0.15, -0.1) is 0 Å². The van der Waals surface area contributed by atoms with Crippen molar-refractivity contribution in [3.8, 4) is 0 Å². The van der Waals surface area contributed by atoms with Crippen molar-refractivity contribution < 1.29 is 4.79 Å². The minimum Gasteiger partial charge on any atom is -0.356 e. The fraction of sp³-hybridized carbons (Fsp3) is 0.929. The van der Waals surface area contributed by atoms with Gasteiger partial charge in [0.25, 0.3) is 0 Å². The maximum Gasteiger partial charge on any atom is 0.220 e. The molecule has 0 radical (unpaired) electrons. The van der Waals surface area contributed by atoms with E-state index in [4.69, 9.17) is 5.73 Å². The van der Waals surface area contributed by atoms with Crippen LogP contribution in [-0.4, -0.2) is 19.0 Å². The van der Waals surface area contributed by atoms with Crippen molar-refractivity contribution in [3.63, 3.8) is 0 Å². The van der Waals surface area contributed by atoms with Crippen LogP contribution in [0.15, 0.2) is 0 Å².